The molecule has 2 N–H and O–H groups in total. The van der Waals surface area contributed by atoms with Crippen LogP contribution in [0.2, 0.25) is 0 Å². The fraction of sp³-hybridized carbons (Fsp3) is 0.929. The smallest absolute Gasteiger partial charge is 0.191 e. The molecule has 1 saturated heterocycles. The normalized spacial score (nSPS) is 19.8. The third-order valence-electron chi connectivity index (χ3n) is 3.85. The number of hydrogen-bond donors (Lipinski definition) is 2. The second-order valence-corrected chi connectivity index (χ2v) is 7.78. The van der Waals surface area contributed by atoms with E-state index in [0.717, 1.165) is 26.2 Å². The number of nitrogens with one attached hydrogen (secondary N) is 2. The van der Waals surface area contributed by atoms with Crippen LogP contribution >= 0.6 is 24.0 Å². The van der Waals surface area contributed by atoms with Gasteiger partial charge in [-0.3, -0.25) is 9.89 Å². The van der Waals surface area contributed by atoms with Gasteiger partial charge in [-0.1, -0.05) is 13.8 Å². The largest absolute Gasteiger partial charge is 0.357 e. The van der Waals surface area contributed by atoms with Crippen LogP contribution in [-0.2, 0) is 9.84 Å². The fourth-order valence-electron chi connectivity index (χ4n) is 2.53. The molecule has 1 atom stereocenters. The minimum Gasteiger partial charge on any atom is -0.357 e. The molecule has 0 spiro atoms. The Kier molecular flexibility index (Phi) is 11.4. The fourth-order valence-corrected chi connectivity index (χ4v) is 3.23. The first-order valence-corrected chi connectivity index (χ1v) is 9.81. The number of likely N-dealkylation sites (N-methyl/N-ethyl adjacent to an activating group) is 1. The Labute approximate surface area is 152 Å². The molecular formula is C14H31IN4O2S. The van der Waals surface area contributed by atoms with E-state index in [1.54, 1.807) is 6.92 Å². The quantitative estimate of drug-likeness (QED) is 0.332. The molecule has 132 valence electrons. The Morgan fingerprint density at radius 1 is 1.27 bits per heavy atom. The summed E-state index contributed by atoms with van der Waals surface area (Å²) < 4.78 is 23.0. The summed E-state index contributed by atoms with van der Waals surface area (Å²) in [5.41, 5.74) is 0. The van der Waals surface area contributed by atoms with Crippen molar-refractivity contribution in [2.24, 2.45) is 4.99 Å². The first-order valence-electron chi connectivity index (χ1n) is 7.99. The SMILES string of the molecule is CCNC(=NCC1CCCN1CC)NCCS(=O)(=O)CC.I. The predicted octanol–water partition coefficient (Wildman–Crippen LogP) is 1.08. The molecule has 0 bridgehead atoms. The number of aliphatic imine (C=N–C) groups is 1. The van der Waals surface area contributed by atoms with Crippen LogP contribution in [0.25, 0.3) is 0 Å². The Bertz CT molecular complexity index is 429. The molecule has 0 aromatic rings. The van der Waals surface area contributed by atoms with E-state index < -0.39 is 9.84 Å². The molecule has 8 heteroatoms. The third-order valence-corrected chi connectivity index (χ3v) is 5.56. The van der Waals surface area contributed by atoms with Crippen molar-refractivity contribution in [3.63, 3.8) is 0 Å². The summed E-state index contributed by atoms with van der Waals surface area (Å²) in [6.45, 7) is 10.0. The van der Waals surface area contributed by atoms with Crippen LogP contribution in [-0.4, -0.2) is 69.5 Å². The summed E-state index contributed by atoms with van der Waals surface area (Å²) in [6.07, 6.45) is 2.44. The molecule has 1 aliphatic heterocycles. The van der Waals surface area contributed by atoms with Crippen molar-refractivity contribution in [3.05, 3.63) is 0 Å². The Balaban J connectivity index is 0.00000441. The molecule has 0 amide bonds. The van der Waals surface area contributed by atoms with Gasteiger partial charge in [0.2, 0.25) is 0 Å². The molecule has 22 heavy (non-hydrogen) atoms. The van der Waals surface area contributed by atoms with E-state index in [9.17, 15) is 8.42 Å². The maximum Gasteiger partial charge on any atom is 0.191 e. The summed E-state index contributed by atoms with van der Waals surface area (Å²) in [6, 6.07) is 0.518. The summed E-state index contributed by atoms with van der Waals surface area (Å²) in [7, 11) is -2.93. The van der Waals surface area contributed by atoms with E-state index in [4.69, 9.17) is 0 Å². The Morgan fingerprint density at radius 2 is 2.00 bits per heavy atom. The van der Waals surface area contributed by atoms with Crippen LogP contribution in [0.1, 0.15) is 33.6 Å². The van der Waals surface area contributed by atoms with Crippen molar-refractivity contribution in [2.75, 3.05) is 44.2 Å². The lowest BCUT2D eigenvalue weighted by molar-refractivity contribution is 0.273. The van der Waals surface area contributed by atoms with Crippen LogP contribution < -0.4 is 10.6 Å². The summed E-state index contributed by atoms with van der Waals surface area (Å²) >= 11 is 0. The molecule has 1 heterocycles. The average molecular weight is 446 g/mol. The van der Waals surface area contributed by atoms with E-state index in [1.165, 1.54) is 12.8 Å². The van der Waals surface area contributed by atoms with Crippen molar-refractivity contribution >= 4 is 39.8 Å². The van der Waals surface area contributed by atoms with Crippen LogP contribution in [0.15, 0.2) is 4.99 Å². The summed E-state index contributed by atoms with van der Waals surface area (Å²) in [4.78, 5) is 7.05. The van der Waals surface area contributed by atoms with Gasteiger partial charge < -0.3 is 10.6 Å². The first-order chi connectivity index (χ1) is 10.0. The average Bonchev–Trinajstić information content (AvgIpc) is 2.92. The molecule has 0 aliphatic carbocycles. The predicted molar refractivity (Wildman–Crippen MR) is 104 cm³/mol. The second kappa shape index (κ2) is 11.4. The number of rotatable bonds is 8. The van der Waals surface area contributed by atoms with Crippen LogP contribution in [0.4, 0.5) is 0 Å². The lowest BCUT2D eigenvalue weighted by Crippen LogP contribution is -2.41. The minimum atomic E-state index is -2.93. The standard InChI is InChI=1S/C14H30N4O2S.HI/c1-4-15-14(16-9-11-21(19,20)6-3)17-12-13-8-7-10-18(13)5-2;/h13H,4-12H2,1-3H3,(H2,15,16,17);1H. The van der Waals surface area contributed by atoms with E-state index in [2.05, 4.69) is 27.4 Å². The van der Waals surface area contributed by atoms with E-state index >= 15 is 0 Å². The molecule has 1 aliphatic rings. The molecule has 0 aromatic carbocycles. The van der Waals surface area contributed by atoms with E-state index in [1.807, 2.05) is 6.92 Å². The van der Waals surface area contributed by atoms with Gasteiger partial charge in [-0.2, -0.15) is 0 Å². The molecule has 0 radical (unpaired) electrons. The number of likely N-dealkylation sites (tertiary alicyclic amines) is 1. The summed E-state index contributed by atoms with van der Waals surface area (Å²) in [5.74, 6) is 1.06. The van der Waals surface area contributed by atoms with Gasteiger partial charge in [0.05, 0.1) is 12.3 Å². The van der Waals surface area contributed by atoms with Crippen molar-refractivity contribution in [1.29, 1.82) is 0 Å². The van der Waals surface area contributed by atoms with Gasteiger partial charge in [0.1, 0.15) is 0 Å². The number of nitrogens with zero attached hydrogens (tertiary/aromatic N) is 2. The monoisotopic (exact) mass is 446 g/mol. The minimum absolute atomic E-state index is 0. The zero-order valence-corrected chi connectivity index (χ0v) is 17.1. The lowest BCUT2D eigenvalue weighted by atomic mass is 10.2. The van der Waals surface area contributed by atoms with Gasteiger partial charge in [-0.25, -0.2) is 8.42 Å². The van der Waals surface area contributed by atoms with Crippen molar-refractivity contribution in [3.8, 4) is 0 Å². The van der Waals surface area contributed by atoms with Gasteiger partial charge in [0, 0.05) is 24.9 Å². The molecule has 0 saturated carbocycles. The Hall–Kier alpha value is -0.0900. The van der Waals surface area contributed by atoms with Crippen LogP contribution in [0.3, 0.4) is 0 Å². The maximum atomic E-state index is 11.5. The summed E-state index contributed by atoms with van der Waals surface area (Å²) in [5, 5.41) is 6.28. The van der Waals surface area contributed by atoms with Crippen LogP contribution in [0, 0.1) is 0 Å². The number of halogens is 1. The second-order valence-electron chi connectivity index (χ2n) is 5.31. The van der Waals surface area contributed by atoms with Crippen molar-refractivity contribution in [1.82, 2.24) is 15.5 Å². The molecule has 1 rings (SSSR count). The maximum absolute atomic E-state index is 11.5. The number of guanidine groups is 1. The highest BCUT2D eigenvalue weighted by Crippen LogP contribution is 2.16. The number of hydrogen-bond acceptors (Lipinski definition) is 4. The first kappa shape index (κ1) is 21.9. The molecule has 0 aromatic heterocycles. The highest BCUT2D eigenvalue weighted by atomic mass is 127. The van der Waals surface area contributed by atoms with Gasteiger partial charge >= 0.3 is 0 Å². The zero-order valence-electron chi connectivity index (χ0n) is 14.0. The van der Waals surface area contributed by atoms with E-state index in [0.29, 0.717) is 18.5 Å². The molecule has 1 fully saturated rings. The highest BCUT2D eigenvalue weighted by Gasteiger charge is 2.22. The van der Waals surface area contributed by atoms with Crippen molar-refractivity contribution < 1.29 is 8.42 Å². The Morgan fingerprint density at radius 3 is 2.59 bits per heavy atom. The number of sulfone groups is 1. The third kappa shape index (κ3) is 7.96. The zero-order chi connectivity index (χ0) is 15.7. The van der Waals surface area contributed by atoms with Crippen molar-refractivity contribution in [2.45, 2.75) is 39.7 Å². The lowest BCUT2D eigenvalue weighted by Gasteiger charge is -2.21. The topological polar surface area (TPSA) is 73.8 Å². The highest BCUT2D eigenvalue weighted by molar-refractivity contribution is 14.0. The molecule has 6 nitrogen and oxygen atoms in total. The molecule has 1 unspecified atom stereocenters. The van der Waals surface area contributed by atoms with E-state index in [-0.39, 0.29) is 35.5 Å². The van der Waals surface area contributed by atoms with Gasteiger partial charge in [0.15, 0.2) is 15.8 Å². The molecular weight excluding hydrogens is 415 g/mol. The van der Waals surface area contributed by atoms with Gasteiger partial charge in [-0.05, 0) is 32.9 Å². The van der Waals surface area contributed by atoms with Gasteiger partial charge in [0.25, 0.3) is 0 Å². The van der Waals surface area contributed by atoms with Gasteiger partial charge in [-0.15, -0.1) is 24.0 Å². The van der Waals surface area contributed by atoms with Crippen LogP contribution in [0.5, 0.6) is 0 Å².